The number of carbonyl (C=O) groups excluding carboxylic acids is 1. The number of rotatable bonds is 8. The highest BCUT2D eigenvalue weighted by atomic mass is 32.2. The van der Waals surface area contributed by atoms with E-state index in [1.54, 1.807) is 4.57 Å². The van der Waals surface area contributed by atoms with Gasteiger partial charge in [0.2, 0.25) is 5.91 Å². The number of amides is 1. The zero-order chi connectivity index (χ0) is 14.4. The first-order valence-corrected chi connectivity index (χ1v) is 7.27. The number of hydrogen-bond acceptors (Lipinski definition) is 5. The molecule has 1 aromatic rings. The fraction of sp³-hybridized carbons (Fsp3) is 0.727. The predicted octanol–water partition coefficient (Wildman–Crippen LogP) is -0.0746. The molecule has 0 aliphatic heterocycles. The fourth-order valence-corrected chi connectivity index (χ4v) is 2.68. The number of aromatic amines is 1. The molecule has 0 saturated heterocycles. The van der Waals surface area contributed by atoms with Crippen LogP contribution in [0.3, 0.4) is 0 Å². The maximum atomic E-state index is 11.4. The van der Waals surface area contributed by atoms with E-state index in [0.717, 1.165) is 0 Å². The van der Waals surface area contributed by atoms with Crippen LogP contribution in [0.1, 0.15) is 27.2 Å². The number of hydrogen-bond donors (Lipinski definition) is 3. The van der Waals surface area contributed by atoms with Gasteiger partial charge in [-0.3, -0.25) is 9.36 Å². The van der Waals surface area contributed by atoms with Gasteiger partial charge in [-0.2, -0.15) is 0 Å². The molecule has 108 valence electrons. The molecular weight excluding hydrogens is 266 g/mol. The maximum Gasteiger partial charge on any atom is 0.343 e. The summed E-state index contributed by atoms with van der Waals surface area (Å²) in [7, 11) is 0. The summed E-state index contributed by atoms with van der Waals surface area (Å²) in [5.41, 5.74) is 5.13. The maximum absolute atomic E-state index is 11.4. The van der Waals surface area contributed by atoms with Gasteiger partial charge in [-0.05, 0) is 13.3 Å². The second-order valence-electron chi connectivity index (χ2n) is 4.47. The lowest BCUT2D eigenvalue weighted by Crippen LogP contribution is -2.44. The molecule has 1 heterocycles. The first kappa shape index (κ1) is 15.8. The number of aromatic nitrogens is 3. The lowest BCUT2D eigenvalue weighted by atomic mass is 10.2. The van der Waals surface area contributed by atoms with Crippen LogP contribution in [0, 0.1) is 0 Å². The Morgan fingerprint density at radius 2 is 2.26 bits per heavy atom. The third-order valence-corrected chi connectivity index (χ3v) is 3.56. The van der Waals surface area contributed by atoms with E-state index in [1.165, 1.54) is 11.8 Å². The second-order valence-corrected chi connectivity index (χ2v) is 5.53. The highest BCUT2D eigenvalue weighted by Crippen LogP contribution is 2.15. The SMILES string of the molecule is CCn1c(SCCC(NC(C)C)C(N)=O)n[nH]c1=O. The zero-order valence-corrected chi connectivity index (χ0v) is 12.3. The molecule has 0 fully saturated rings. The molecule has 1 unspecified atom stereocenters. The number of carbonyl (C=O) groups is 1. The van der Waals surface area contributed by atoms with Gasteiger partial charge >= 0.3 is 5.69 Å². The number of nitrogens with one attached hydrogen (secondary N) is 2. The molecular formula is C11H21N5O2S. The highest BCUT2D eigenvalue weighted by molar-refractivity contribution is 7.99. The fourth-order valence-electron chi connectivity index (χ4n) is 1.67. The van der Waals surface area contributed by atoms with Gasteiger partial charge in [0.05, 0.1) is 6.04 Å². The number of nitrogens with zero attached hydrogens (tertiary/aromatic N) is 2. The average molecular weight is 287 g/mol. The molecule has 8 heteroatoms. The molecule has 0 aromatic carbocycles. The Balaban J connectivity index is 2.52. The van der Waals surface area contributed by atoms with E-state index in [1.807, 2.05) is 20.8 Å². The van der Waals surface area contributed by atoms with Crippen molar-refractivity contribution in [2.45, 2.75) is 51.0 Å². The minimum Gasteiger partial charge on any atom is -0.368 e. The number of primary amides is 1. The Labute approximate surface area is 116 Å². The van der Waals surface area contributed by atoms with E-state index in [-0.39, 0.29) is 23.7 Å². The summed E-state index contributed by atoms with van der Waals surface area (Å²) in [5.74, 6) is 0.307. The van der Waals surface area contributed by atoms with Crippen molar-refractivity contribution in [2.24, 2.45) is 5.73 Å². The molecule has 19 heavy (non-hydrogen) atoms. The predicted molar refractivity (Wildman–Crippen MR) is 75.1 cm³/mol. The Hall–Kier alpha value is -1.28. The van der Waals surface area contributed by atoms with Crippen LogP contribution in [-0.4, -0.2) is 38.5 Å². The topological polar surface area (TPSA) is 106 Å². The molecule has 0 bridgehead atoms. The lowest BCUT2D eigenvalue weighted by molar-refractivity contribution is -0.120. The van der Waals surface area contributed by atoms with Gasteiger partial charge in [-0.25, -0.2) is 9.89 Å². The molecule has 1 rings (SSSR count). The zero-order valence-electron chi connectivity index (χ0n) is 11.5. The van der Waals surface area contributed by atoms with Crippen molar-refractivity contribution < 1.29 is 4.79 Å². The van der Waals surface area contributed by atoms with Crippen LogP contribution in [0.2, 0.25) is 0 Å². The van der Waals surface area contributed by atoms with Crippen molar-refractivity contribution in [2.75, 3.05) is 5.75 Å². The summed E-state index contributed by atoms with van der Waals surface area (Å²) in [6.07, 6.45) is 0.600. The van der Waals surface area contributed by atoms with E-state index in [9.17, 15) is 9.59 Å². The van der Waals surface area contributed by atoms with Gasteiger partial charge in [-0.1, -0.05) is 25.6 Å². The van der Waals surface area contributed by atoms with E-state index < -0.39 is 0 Å². The van der Waals surface area contributed by atoms with Crippen LogP contribution in [-0.2, 0) is 11.3 Å². The van der Waals surface area contributed by atoms with E-state index in [4.69, 9.17) is 5.73 Å². The van der Waals surface area contributed by atoms with Crippen molar-refractivity contribution in [1.29, 1.82) is 0 Å². The van der Waals surface area contributed by atoms with Crippen LogP contribution >= 0.6 is 11.8 Å². The second kappa shape index (κ2) is 7.34. The van der Waals surface area contributed by atoms with Gasteiger partial charge in [-0.15, -0.1) is 5.10 Å². The molecule has 0 aliphatic rings. The standard InChI is InChI=1S/C11H21N5O2S/c1-4-16-10(18)14-15-11(16)19-6-5-8(9(12)17)13-7(2)3/h7-8,13H,4-6H2,1-3H3,(H2,12,17)(H,14,18). The third-order valence-electron chi connectivity index (χ3n) is 2.56. The van der Waals surface area contributed by atoms with E-state index in [0.29, 0.717) is 23.9 Å². The van der Waals surface area contributed by atoms with Crippen LogP contribution in [0.4, 0.5) is 0 Å². The van der Waals surface area contributed by atoms with Gasteiger partial charge in [0.25, 0.3) is 0 Å². The van der Waals surface area contributed by atoms with Crippen molar-refractivity contribution in [1.82, 2.24) is 20.1 Å². The van der Waals surface area contributed by atoms with Crippen molar-refractivity contribution in [3.8, 4) is 0 Å². The van der Waals surface area contributed by atoms with Gasteiger partial charge in [0, 0.05) is 18.3 Å². The first-order chi connectivity index (χ1) is 8.95. The van der Waals surface area contributed by atoms with Crippen LogP contribution < -0.4 is 16.7 Å². The minimum atomic E-state index is -0.357. The molecule has 7 nitrogen and oxygen atoms in total. The molecule has 0 spiro atoms. The summed E-state index contributed by atoms with van der Waals surface area (Å²) in [4.78, 5) is 22.6. The Kier molecular flexibility index (Phi) is 6.10. The molecule has 1 aromatic heterocycles. The van der Waals surface area contributed by atoms with E-state index in [2.05, 4.69) is 15.5 Å². The molecule has 1 amide bonds. The molecule has 0 saturated carbocycles. The monoisotopic (exact) mass is 287 g/mol. The van der Waals surface area contributed by atoms with Gasteiger partial charge in [0.1, 0.15) is 0 Å². The summed E-state index contributed by atoms with van der Waals surface area (Å²) < 4.78 is 1.56. The molecule has 0 aliphatic carbocycles. The van der Waals surface area contributed by atoms with Crippen molar-refractivity contribution >= 4 is 17.7 Å². The number of nitrogens with two attached hydrogens (primary N) is 1. The normalized spacial score (nSPS) is 12.8. The highest BCUT2D eigenvalue weighted by Gasteiger charge is 2.16. The van der Waals surface area contributed by atoms with Crippen molar-refractivity contribution in [3.63, 3.8) is 0 Å². The van der Waals surface area contributed by atoms with Crippen LogP contribution in [0.25, 0.3) is 0 Å². The van der Waals surface area contributed by atoms with Crippen LogP contribution in [0.15, 0.2) is 9.95 Å². The minimum absolute atomic E-state index is 0.196. The molecule has 0 radical (unpaired) electrons. The smallest absolute Gasteiger partial charge is 0.343 e. The quantitative estimate of drug-likeness (QED) is 0.580. The van der Waals surface area contributed by atoms with Gasteiger partial charge < -0.3 is 11.1 Å². The molecule has 1 atom stereocenters. The third kappa shape index (κ3) is 4.71. The van der Waals surface area contributed by atoms with Crippen LogP contribution in [0.5, 0.6) is 0 Å². The van der Waals surface area contributed by atoms with E-state index >= 15 is 0 Å². The summed E-state index contributed by atoms with van der Waals surface area (Å²) in [6, 6.07) is -0.157. The summed E-state index contributed by atoms with van der Waals surface area (Å²) >= 11 is 1.44. The average Bonchev–Trinajstić information content (AvgIpc) is 2.68. The Bertz CT molecular complexity index is 468. The summed E-state index contributed by atoms with van der Waals surface area (Å²) in [6.45, 7) is 6.38. The Morgan fingerprint density at radius 3 is 2.79 bits per heavy atom. The van der Waals surface area contributed by atoms with Crippen molar-refractivity contribution in [3.05, 3.63) is 10.5 Å². The first-order valence-electron chi connectivity index (χ1n) is 6.29. The van der Waals surface area contributed by atoms with Gasteiger partial charge in [0.15, 0.2) is 5.16 Å². The lowest BCUT2D eigenvalue weighted by Gasteiger charge is -2.17. The summed E-state index contributed by atoms with van der Waals surface area (Å²) in [5, 5.41) is 10.1. The number of thioether (sulfide) groups is 1. The number of H-pyrrole nitrogens is 1. The Morgan fingerprint density at radius 1 is 1.58 bits per heavy atom. The molecule has 4 N–H and O–H groups in total. The largest absolute Gasteiger partial charge is 0.368 e.